The average molecular weight is 312 g/mol. The molecule has 0 saturated heterocycles. The van der Waals surface area contributed by atoms with Crippen LogP contribution in [0.3, 0.4) is 0 Å². The largest absolute Gasteiger partial charge is 0.324 e. The summed E-state index contributed by atoms with van der Waals surface area (Å²) in [6, 6.07) is 13.9. The third kappa shape index (κ3) is 4.15. The van der Waals surface area contributed by atoms with Gasteiger partial charge in [0, 0.05) is 26.7 Å². The van der Waals surface area contributed by atoms with Crippen molar-refractivity contribution in [2.24, 2.45) is 5.73 Å². The fraction of sp³-hybridized carbons (Fsp3) is 0.200. The first kappa shape index (κ1) is 14.7. The van der Waals surface area contributed by atoms with Crippen molar-refractivity contribution < 1.29 is 0 Å². The van der Waals surface area contributed by atoms with Crippen LogP contribution in [-0.2, 0) is 5.75 Å². The Balaban J connectivity index is 2.04. The molecule has 4 heteroatoms. The van der Waals surface area contributed by atoms with Gasteiger partial charge in [-0.1, -0.05) is 41.4 Å². The van der Waals surface area contributed by atoms with E-state index in [0.29, 0.717) is 0 Å². The third-order valence-corrected chi connectivity index (χ3v) is 4.43. The maximum absolute atomic E-state index is 6.22. The predicted molar refractivity (Wildman–Crippen MR) is 85.1 cm³/mol. The molecule has 0 spiro atoms. The molecule has 100 valence electrons. The molecule has 1 unspecified atom stereocenters. The van der Waals surface area contributed by atoms with E-state index in [2.05, 4.69) is 6.07 Å². The summed E-state index contributed by atoms with van der Waals surface area (Å²) in [4.78, 5) is 1.14. The predicted octanol–water partition coefficient (Wildman–Crippen LogP) is 5.31. The van der Waals surface area contributed by atoms with Crippen molar-refractivity contribution >= 4 is 35.0 Å². The topological polar surface area (TPSA) is 26.0 Å². The Labute approximate surface area is 128 Å². The lowest BCUT2D eigenvalue weighted by atomic mass is 10.1. The maximum atomic E-state index is 6.22. The Bertz CT molecular complexity index is 553. The Kier molecular flexibility index (Phi) is 5.17. The van der Waals surface area contributed by atoms with Gasteiger partial charge in [0.25, 0.3) is 0 Å². The molecule has 2 N–H and O–H groups in total. The van der Waals surface area contributed by atoms with Crippen molar-refractivity contribution in [2.45, 2.75) is 23.6 Å². The molecule has 0 aliphatic heterocycles. The molecular formula is C15H15Cl2NS. The SMILES string of the molecule is CC(N)c1ccc(SCc2ccc(Cl)cc2)cc1Cl. The molecule has 2 aromatic carbocycles. The Hall–Kier alpha value is -0.670. The lowest BCUT2D eigenvalue weighted by Crippen LogP contribution is -2.05. The van der Waals surface area contributed by atoms with Gasteiger partial charge < -0.3 is 5.73 Å². The molecule has 0 heterocycles. The fourth-order valence-corrected chi connectivity index (χ4v) is 3.15. The van der Waals surface area contributed by atoms with Crippen molar-refractivity contribution in [3.05, 3.63) is 63.6 Å². The van der Waals surface area contributed by atoms with Crippen molar-refractivity contribution in [1.29, 1.82) is 0 Å². The monoisotopic (exact) mass is 311 g/mol. The third-order valence-electron chi connectivity index (χ3n) is 2.78. The lowest BCUT2D eigenvalue weighted by molar-refractivity contribution is 0.817. The van der Waals surface area contributed by atoms with Gasteiger partial charge in [0.1, 0.15) is 0 Å². The quantitative estimate of drug-likeness (QED) is 0.775. The van der Waals surface area contributed by atoms with E-state index in [1.165, 1.54) is 5.56 Å². The number of halogens is 2. The van der Waals surface area contributed by atoms with Gasteiger partial charge in [0.2, 0.25) is 0 Å². The summed E-state index contributed by atoms with van der Waals surface area (Å²) in [6.07, 6.45) is 0. The normalized spacial score (nSPS) is 12.4. The molecule has 0 aliphatic carbocycles. The molecule has 0 amide bonds. The van der Waals surface area contributed by atoms with E-state index in [9.17, 15) is 0 Å². The van der Waals surface area contributed by atoms with Crippen LogP contribution < -0.4 is 5.73 Å². The van der Waals surface area contributed by atoms with E-state index < -0.39 is 0 Å². The van der Waals surface area contributed by atoms with Gasteiger partial charge in [-0.05, 0) is 42.3 Å². The number of rotatable bonds is 4. The lowest BCUT2D eigenvalue weighted by Gasteiger charge is -2.10. The first-order valence-electron chi connectivity index (χ1n) is 5.98. The first-order valence-corrected chi connectivity index (χ1v) is 7.72. The van der Waals surface area contributed by atoms with Gasteiger partial charge in [0.15, 0.2) is 0 Å². The standard InChI is InChI=1S/C15H15Cl2NS/c1-10(18)14-7-6-13(8-15(14)17)19-9-11-2-4-12(16)5-3-11/h2-8,10H,9,18H2,1H3. The van der Waals surface area contributed by atoms with Crippen LogP contribution in [0.5, 0.6) is 0 Å². The second kappa shape index (κ2) is 6.67. The van der Waals surface area contributed by atoms with Gasteiger partial charge in [0.05, 0.1) is 0 Å². The van der Waals surface area contributed by atoms with Gasteiger partial charge in [-0.2, -0.15) is 0 Å². The molecule has 1 nitrogen and oxygen atoms in total. The van der Waals surface area contributed by atoms with Crippen molar-refractivity contribution in [3.63, 3.8) is 0 Å². The molecule has 19 heavy (non-hydrogen) atoms. The molecule has 1 atom stereocenters. The number of benzene rings is 2. The molecule has 0 aliphatic rings. The molecule has 0 radical (unpaired) electrons. The summed E-state index contributed by atoms with van der Waals surface area (Å²) in [7, 11) is 0. The van der Waals surface area contributed by atoms with E-state index in [-0.39, 0.29) is 6.04 Å². The van der Waals surface area contributed by atoms with E-state index in [1.54, 1.807) is 11.8 Å². The Morgan fingerprint density at radius 2 is 1.79 bits per heavy atom. The van der Waals surface area contributed by atoms with Crippen LogP contribution in [0, 0.1) is 0 Å². The van der Waals surface area contributed by atoms with Crippen LogP contribution in [0.1, 0.15) is 24.1 Å². The smallest absolute Gasteiger partial charge is 0.0464 e. The number of thioether (sulfide) groups is 1. The zero-order chi connectivity index (χ0) is 13.8. The summed E-state index contributed by atoms with van der Waals surface area (Å²) in [6.45, 7) is 1.93. The van der Waals surface area contributed by atoms with E-state index in [1.807, 2.05) is 43.3 Å². The van der Waals surface area contributed by atoms with Crippen LogP contribution in [-0.4, -0.2) is 0 Å². The van der Waals surface area contributed by atoms with Crippen molar-refractivity contribution in [1.82, 2.24) is 0 Å². The van der Waals surface area contributed by atoms with E-state index in [4.69, 9.17) is 28.9 Å². The van der Waals surface area contributed by atoms with E-state index in [0.717, 1.165) is 26.3 Å². The van der Waals surface area contributed by atoms with Crippen molar-refractivity contribution in [2.75, 3.05) is 0 Å². The zero-order valence-electron chi connectivity index (χ0n) is 10.6. The number of hydrogen-bond acceptors (Lipinski definition) is 2. The first-order chi connectivity index (χ1) is 9.06. The van der Waals surface area contributed by atoms with Crippen molar-refractivity contribution in [3.8, 4) is 0 Å². The van der Waals surface area contributed by atoms with Crippen LogP contribution in [0.25, 0.3) is 0 Å². The minimum atomic E-state index is -0.0391. The van der Waals surface area contributed by atoms with Gasteiger partial charge in [-0.15, -0.1) is 11.8 Å². The highest BCUT2D eigenvalue weighted by Crippen LogP contribution is 2.29. The number of hydrogen-bond donors (Lipinski definition) is 1. The molecule has 2 rings (SSSR count). The molecular weight excluding hydrogens is 297 g/mol. The van der Waals surface area contributed by atoms with Crippen LogP contribution in [0.2, 0.25) is 10.0 Å². The minimum absolute atomic E-state index is 0.0391. The summed E-state index contributed by atoms with van der Waals surface area (Å²) >= 11 is 13.8. The van der Waals surface area contributed by atoms with Gasteiger partial charge >= 0.3 is 0 Å². The molecule has 0 saturated carbocycles. The summed E-state index contributed by atoms with van der Waals surface area (Å²) in [5.41, 5.74) is 8.06. The molecule has 0 aromatic heterocycles. The molecule has 0 bridgehead atoms. The highest BCUT2D eigenvalue weighted by Gasteiger charge is 2.06. The maximum Gasteiger partial charge on any atom is 0.0464 e. The summed E-state index contributed by atoms with van der Waals surface area (Å²) in [5.74, 6) is 0.894. The Morgan fingerprint density at radius 1 is 1.11 bits per heavy atom. The van der Waals surface area contributed by atoms with Gasteiger partial charge in [-0.3, -0.25) is 0 Å². The molecule has 0 fully saturated rings. The summed E-state index contributed by atoms with van der Waals surface area (Å²) < 4.78 is 0. The zero-order valence-corrected chi connectivity index (χ0v) is 12.9. The second-order valence-corrected chi connectivity index (χ2v) is 6.28. The van der Waals surface area contributed by atoms with Crippen LogP contribution >= 0.6 is 35.0 Å². The number of nitrogens with two attached hydrogens (primary N) is 1. The minimum Gasteiger partial charge on any atom is -0.324 e. The molecule has 2 aromatic rings. The Morgan fingerprint density at radius 3 is 2.37 bits per heavy atom. The summed E-state index contributed by atoms with van der Waals surface area (Å²) in [5, 5.41) is 1.49. The fourth-order valence-electron chi connectivity index (χ4n) is 1.71. The van der Waals surface area contributed by atoms with Crippen LogP contribution in [0.15, 0.2) is 47.4 Å². The average Bonchev–Trinajstić information content (AvgIpc) is 2.37. The second-order valence-electron chi connectivity index (χ2n) is 4.39. The van der Waals surface area contributed by atoms with Gasteiger partial charge in [-0.25, -0.2) is 0 Å². The highest BCUT2D eigenvalue weighted by molar-refractivity contribution is 7.98. The highest BCUT2D eigenvalue weighted by atomic mass is 35.5. The van der Waals surface area contributed by atoms with E-state index >= 15 is 0 Å². The van der Waals surface area contributed by atoms with Crippen LogP contribution in [0.4, 0.5) is 0 Å².